The summed E-state index contributed by atoms with van der Waals surface area (Å²) in [5.41, 5.74) is 3.20. The Kier molecular flexibility index (Phi) is 7.13. The van der Waals surface area contributed by atoms with Crippen LogP contribution in [-0.2, 0) is 31.9 Å². The van der Waals surface area contributed by atoms with Gasteiger partial charge in [-0.25, -0.2) is 9.59 Å². The Morgan fingerprint density at radius 3 is 2.63 bits per heavy atom. The molecule has 2 aliphatic rings. The molecule has 0 saturated heterocycles. The molecule has 1 aromatic rings. The lowest BCUT2D eigenvalue weighted by Gasteiger charge is -2.18. The number of fused-ring (bicyclic) bond motifs is 1. The minimum Gasteiger partial charge on any atom is -0.462 e. The first-order valence-electron chi connectivity index (χ1n) is 10.5. The van der Waals surface area contributed by atoms with Crippen LogP contribution < -0.4 is 5.32 Å². The summed E-state index contributed by atoms with van der Waals surface area (Å²) >= 11 is 1.42. The van der Waals surface area contributed by atoms with E-state index in [1.165, 1.54) is 23.8 Å². The summed E-state index contributed by atoms with van der Waals surface area (Å²) in [6.07, 6.45) is 6.77. The third-order valence-corrected chi connectivity index (χ3v) is 6.67. The van der Waals surface area contributed by atoms with E-state index in [0.717, 1.165) is 36.1 Å². The van der Waals surface area contributed by atoms with Gasteiger partial charge in [0.1, 0.15) is 5.00 Å². The maximum absolute atomic E-state index is 12.7. The molecule has 0 unspecified atom stereocenters. The van der Waals surface area contributed by atoms with Gasteiger partial charge in [0.05, 0.1) is 12.2 Å². The minimum absolute atomic E-state index is 0.268. The van der Waals surface area contributed by atoms with Crippen molar-refractivity contribution in [1.82, 2.24) is 0 Å². The van der Waals surface area contributed by atoms with Crippen LogP contribution in [0.3, 0.4) is 0 Å². The molecule has 162 valence electrons. The van der Waals surface area contributed by atoms with E-state index < -0.39 is 23.9 Å². The number of allylic oxidation sites excluding steroid dienone is 3. The quantitative estimate of drug-likeness (QED) is 0.667. The Bertz CT molecular complexity index is 911. The lowest BCUT2D eigenvalue weighted by atomic mass is 9.88. The molecule has 7 heteroatoms. The number of carbonyl (C=O) groups excluding carboxylic acids is 3. The summed E-state index contributed by atoms with van der Waals surface area (Å²) in [7, 11) is 0. The van der Waals surface area contributed by atoms with Crippen molar-refractivity contribution in [3.63, 3.8) is 0 Å². The smallest absolute Gasteiger partial charge is 0.341 e. The van der Waals surface area contributed by atoms with Crippen molar-refractivity contribution in [1.29, 1.82) is 0 Å². The first-order valence-corrected chi connectivity index (χ1v) is 11.3. The van der Waals surface area contributed by atoms with Crippen molar-refractivity contribution in [3.8, 4) is 0 Å². The molecular weight excluding hydrogens is 402 g/mol. The van der Waals surface area contributed by atoms with Crippen molar-refractivity contribution in [3.05, 3.63) is 39.3 Å². The summed E-state index contributed by atoms with van der Waals surface area (Å²) in [6.45, 7) is 7.76. The lowest BCUT2D eigenvalue weighted by molar-refractivity contribution is -0.149. The first-order chi connectivity index (χ1) is 14.3. The van der Waals surface area contributed by atoms with Gasteiger partial charge < -0.3 is 14.8 Å². The van der Waals surface area contributed by atoms with Gasteiger partial charge in [0.2, 0.25) is 0 Å². The van der Waals surface area contributed by atoms with Gasteiger partial charge in [-0.1, -0.05) is 24.6 Å². The standard InChI is InChI=1S/C23H29NO5S/c1-5-28-23(27)19-17-11-8-14(3)12-18(17)30-21(19)24-20(25)15(4)29-22(26)16-9-6-13(2)7-10-16/h6,9,14-15H,5,7-8,10-12H2,1-4H3,(H,24,25)/t14-,15-/m0/s1. The Morgan fingerprint density at radius 2 is 1.97 bits per heavy atom. The van der Waals surface area contributed by atoms with Crippen LogP contribution in [0, 0.1) is 5.92 Å². The molecule has 0 spiro atoms. The van der Waals surface area contributed by atoms with Gasteiger partial charge >= 0.3 is 11.9 Å². The molecule has 1 amide bonds. The highest BCUT2D eigenvalue weighted by Gasteiger charge is 2.30. The summed E-state index contributed by atoms with van der Waals surface area (Å²) in [6, 6.07) is 0. The largest absolute Gasteiger partial charge is 0.462 e. The predicted octanol–water partition coefficient (Wildman–Crippen LogP) is 4.59. The van der Waals surface area contributed by atoms with Crippen molar-refractivity contribution in [2.75, 3.05) is 11.9 Å². The van der Waals surface area contributed by atoms with E-state index in [1.807, 2.05) is 13.0 Å². The normalized spacial score (nSPS) is 19.1. The fraction of sp³-hybridized carbons (Fsp3) is 0.522. The Morgan fingerprint density at radius 1 is 1.20 bits per heavy atom. The number of hydrogen-bond acceptors (Lipinski definition) is 6. The van der Waals surface area contributed by atoms with E-state index in [0.29, 0.717) is 28.5 Å². The van der Waals surface area contributed by atoms with Crippen LogP contribution in [0.5, 0.6) is 0 Å². The number of hydrogen-bond donors (Lipinski definition) is 1. The molecule has 0 radical (unpaired) electrons. The minimum atomic E-state index is -0.974. The van der Waals surface area contributed by atoms with Crippen LogP contribution >= 0.6 is 11.3 Å². The number of nitrogens with one attached hydrogen (secondary N) is 1. The van der Waals surface area contributed by atoms with Crippen LogP contribution in [0.25, 0.3) is 0 Å². The van der Waals surface area contributed by atoms with Crippen molar-refractivity contribution < 1.29 is 23.9 Å². The highest BCUT2D eigenvalue weighted by atomic mass is 32.1. The molecule has 0 aromatic carbocycles. The molecule has 0 bridgehead atoms. The molecular formula is C23H29NO5S. The summed E-state index contributed by atoms with van der Waals surface area (Å²) in [5.74, 6) is -0.815. The van der Waals surface area contributed by atoms with Gasteiger partial charge in [-0.3, -0.25) is 4.79 Å². The average molecular weight is 432 g/mol. The van der Waals surface area contributed by atoms with E-state index in [9.17, 15) is 14.4 Å². The molecule has 30 heavy (non-hydrogen) atoms. The number of carbonyl (C=O) groups is 3. The average Bonchev–Trinajstić information content (AvgIpc) is 3.05. The van der Waals surface area contributed by atoms with E-state index in [-0.39, 0.29) is 6.61 Å². The number of anilines is 1. The van der Waals surface area contributed by atoms with E-state index in [1.54, 1.807) is 13.0 Å². The fourth-order valence-corrected chi connectivity index (χ4v) is 5.07. The van der Waals surface area contributed by atoms with Crippen LogP contribution in [-0.4, -0.2) is 30.6 Å². The van der Waals surface area contributed by atoms with Crippen LogP contribution in [0.4, 0.5) is 5.00 Å². The van der Waals surface area contributed by atoms with Crippen molar-refractivity contribution >= 4 is 34.2 Å². The Hall–Kier alpha value is -2.41. The molecule has 0 aliphatic heterocycles. The highest BCUT2D eigenvalue weighted by molar-refractivity contribution is 7.17. The summed E-state index contributed by atoms with van der Waals surface area (Å²) in [5, 5.41) is 3.29. The van der Waals surface area contributed by atoms with E-state index >= 15 is 0 Å². The lowest BCUT2D eigenvalue weighted by Crippen LogP contribution is -2.31. The second-order valence-corrected chi connectivity index (χ2v) is 9.12. The number of rotatable bonds is 6. The molecule has 6 nitrogen and oxygen atoms in total. The van der Waals surface area contributed by atoms with E-state index in [2.05, 4.69) is 12.2 Å². The Balaban J connectivity index is 1.74. The number of ether oxygens (including phenoxy) is 2. The van der Waals surface area contributed by atoms with Crippen LogP contribution in [0.15, 0.2) is 23.3 Å². The monoisotopic (exact) mass is 431 g/mol. The van der Waals surface area contributed by atoms with E-state index in [4.69, 9.17) is 9.47 Å². The topological polar surface area (TPSA) is 81.7 Å². The number of thiophene rings is 1. The van der Waals surface area contributed by atoms with Gasteiger partial charge in [0, 0.05) is 10.5 Å². The van der Waals surface area contributed by atoms with Crippen LogP contribution in [0.2, 0.25) is 0 Å². The molecule has 0 fully saturated rings. The van der Waals surface area contributed by atoms with Crippen LogP contribution in [0.1, 0.15) is 67.8 Å². The van der Waals surface area contributed by atoms with Crippen molar-refractivity contribution in [2.24, 2.45) is 5.92 Å². The number of amides is 1. The van der Waals surface area contributed by atoms with Gasteiger partial charge in [-0.05, 0) is 64.4 Å². The van der Waals surface area contributed by atoms with Gasteiger partial charge in [-0.2, -0.15) is 0 Å². The molecule has 1 N–H and O–H groups in total. The molecule has 1 aromatic heterocycles. The van der Waals surface area contributed by atoms with Gasteiger partial charge in [-0.15, -0.1) is 11.3 Å². The third-order valence-electron chi connectivity index (χ3n) is 5.50. The second kappa shape index (κ2) is 9.60. The highest BCUT2D eigenvalue weighted by Crippen LogP contribution is 2.40. The maximum Gasteiger partial charge on any atom is 0.341 e. The van der Waals surface area contributed by atoms with Gasteiger partial charge in [0.15, 0.2) is 6.10 Å². The summed E-state index contributed by atoms with van der Waals surface area (Å²) in [4.78, 5) is 38.8. The van der Waals surface area contributed by atoms with Gasteiger partial charge in [0.25, 0.3) is 5.91 Å². The summed E-state index contributed by atoms with van der Waals surface area (Å²) < 4.78 is 10.6. The molecule has 2 aliphatic carbocycles. The first kappa shape index (κ1) is 22.3. The predicted molar refractivity (Wildman–Crippen MR) is 117 cm³/mol. The SMILES string of the molecule is CCOC(=O)c1c(NC(=O)[C@H](C)OC(=O)C2=CC=C(C)CC2)sc2c1CC[C@H](C)C2. The number of esters is 2. The Labute approximate surface area is 181 Å². The molecule has 2 atom stereocenters. The molecule has 0 saturated carbocycles. The zero-order chi connectivity index (χ0) is 21.8. The second-order valence-electron chi connectivity index (χ2n) is 8.02. The van der Waals surface area contributed by atoms with Crippen molar-refractivity contribution in [2.45, 2.75) is 65.9 Å². The fourth-order valence-electron chi connectivity index (χ4n) is 3.67. The third kappa shape index (κ3) is 5.01. The zero-order valence-electron chi connectivity index (χ0n) is 18.0. The molecule has 3 rings (SSSR count). The maximum atomic E-state index is 12.7. The zero-order valence-corrected chi connectivity index (χ0v) is 18.8. The molecule has 1 heterocycles.